The molecule has 22 heavy (non-hydrogen) atoms. The van der Waals surface area contributed by atoms with Crippen LogP contribution < -0.4 is 5.32 Å². The van der Waals surface area contributed by atoms with Crippen LogP contribution in [0, 0.1) is 0 Å². The van der Waals surface area contributed by atoms with Gasteiger partial charge in [0.15, 0.2) is 0 Å². The van der Waals surface area contributed by atoms with Crippen molar-refractivity contribution in [2.45, 2.75) is 58.3 Å². The van der Waals surface area contributed by atoms with Crippen molar-refractivity contribution in [2.75, 3.05) is 39.4 Å². The first kappa shape index (κ1) is 17.5. The topological polar surface area (TPSA) is 54.0 Å². The Labute approximate surface area is 134 Å². The zero-order valence-corrected chi connectivity index (χ0v) is 14.6. The molecule has 0 bridgehead atoms. The lowest BCUT2D eigenvalue weighted by atomic mass is 10.1. The van der Waals surface area contributed by atoms with Gasteiger partial charge in [-0.15, -0.1) is 0 Å². The molecule has 128 valence electrons. The summed E-state index contributed by atoms with van der Waals surface area (Å²) in [6, 6.07) is 0.877. The molecule has 6 heteroatoms. The first-order valence-electron chi connectivity index (χ1n) is 8.31. The molecule has 1 N–H and O–H groups in total. The number of morpholine rings is 1. The molecule has 0 spiro atoms. The molecule has 1 unspecified atom stereocenters. The molecule has 6 nitrogen and oxygen atoms in total. The molecule has 2 heterocycles. The van der Waals surface area contributed by atoms with Gasteiger partial charge in [0.2, 0.25) is 0 Å². The van der Waals surface area contributed by atoms with Gasteiger partial charge in [-0.2, -0.15) is 0 Å². The van der Waals surface area contributed by atoms with E-state index in [-0.39, 0.29) is 18.2 Å². The Morgan fingerprint density at radius 3 is 2.68 bits per heavy atom. The maximum atomic E-state index is 12.4. The number of ether oxygens (including phenoxy) is 2. The molecule has 0 aliphatic carbocycles. The minimum absolute atomic E-state index is 0.160. The standard InChI is InChI=1S/C16H31N3O3/c1-12-8-17-14(9-18-6-7-21-11-13(18)2)10-19(12)15(20)22-16(3,4)5/h12-14,17H,6-11H2,1-5H3/t12-,13?,14+/m1/s1. The summed E-state index contributed by atoms with van der Waals surface area (Å²) < 4.78 is 11.0. The summed E-state index contributed by atoms with van der Waals surface area (Å²) in [7, 11) is 0. The zero-order chi connectivity index (χ0) is 16.3. The molecule has 0 radical (unpaired) electrons. The van der Waals surface area contributed by atoms with Crippen LogP contribution in [0.4, 0.5) is 4.79 Å². The lowest BCUT2D eigenvalue weighted by Crippen LogP contribution is -2.61. The van der Waals surface area contributed by atoms with E-state index in [0.29, 0.717) is 12.6 Å². The summed E-state index contributed by atoms with van der Waals surface area (Å²) >= 11 is 0. The minimum atomic E-state index is -0.449. The van der Waals surface area contributed by atoms with Gasteiger partial charge in [-0.05, 0) is 34.6 Å². The van der Waals surface area contributed by atoms with Crippen LogP contribution in [0.2, 0.25) is 0 Å². The summed E-state index contributed by atoms with van der Waals surface area (Å²) in [4.78, 5) is 16.7. The van der Waals surface area contributed by atoms with Crippen molar-refractivity contribution in [3.8, 4) is 0 Å². The molecule has 0 aromatic carbocycles. The molecule has 3 atom stereocenters. The Hall–Kier alpha value is -0.850. The Kier molecular flexibility index (Phi) is 5.69. The van der Waals surface area contributed by atoms with E-state index in [2.05, 4.69) is 24.1 Å². The van der Waals surface area contributed by atoms with Gasteiger partial charge in [0.25, 0.3) is 0 Å². The summed E-state index contributed by atoms with van der Waals surface area (Å²) in [5.74, 6) is 0. The molecule has 0 saturated carbocycles. The highest BCUT2D eigenvalue weighted by Gasteiger charge is 2.33. The van der Waals surface area contributed by atoms with Gasteiger partial charge < -0.3 is 19.7 Å². The number of nitrogens with one attached hydrogen (secondary N) is 1. The zero-order valence-electron chi connectivity index (χ0n) is 14.6. The molecule has 2 aliphatic heterocycles. The molecular formula is C16H31N3O3. The van der Waals surface area contributed by atoms with Crippen molar-refractivity contribution < 1.29 is 14.3 Å². The van der Waals surface area contributed by atoms with Crippen LogP contribution in [0.5, 0.6) is 0 Å². The molecular weight excluding hydrogens is 282 g/mol. The Morgan fingerprint density at radius 1 is 1.32 bits per heavy atom. The number of nitrogens with zero attached hydrogens (tertiary/aromatic N) is 2. The highest BCUT2D eigenvalue weighted by molar-refractivity contribution is 5.68. The third-order valence-electron chi connectivity index (χ3n) is 4.24. The van der Waals surface area contributed by atoms with Crippen LogP contribution in [0.25, 0.3) is 0 Å². The highest BCUT2D eigenvalue weighted by atomic mass is 16.6. The summed E-state index contributed by atoms with van der Waals surface area (Å²) in [6.07, 6.45) is -0.207. The number of amides is 1. The maximum Gasteiger partial charge on any atom is 0.410 e. The highest BCUT2D eigenvalue weighted by Crippen LogP contribution is 2.16. The van der Waals surface area contributed by atoms with Gasteiger partial charge in [0.1, 0.15) is 5.60 Å². The van der Waals surface area contributed by atoms with E-state index in [1.54, 1.807) is 0 Å². The number of piperazine rings is 1. The van der Waals surface area contributed by atoms with Crippen LogP contribution in [0.15, 0.2) is 0 Å². The van der Waals surface area contributed by atoms with E-state index in [1.165, 1.54) is 0 Å². The number of hydrogen-bond acceptors (Lipinski definition) is 5. The van der Waals surface area contributed by atoms with Crippen molar-refractivity contribution in [3.05, 3.63) is 0 Å². The van der Waals surface area contributed by atoms with Crippen molar-refractivity contribution in [1.29, 1.82) is 0 Å². The largest absolute Gasteiger partial charge is 0.444 e. The van der Waals surface area contributed by atoms with Crippen molar-refractivity contribution >= 4 is 6.09 Å². The molecule has 2 saturated heterocycles. The second-order valence-electron chi connectivity index (χ2n) is 7.51. The average Bonchev–Trinajstić information content (AvgIpc) is 2.41. The Morgan fingerprint density at radius 2 is 2.05 bits per heavy atom. The van der Waals surface area contributed by atoms with E-state index >= 15 is 0 Å². The van der Waals surface area contributed by atoms with E-state index in [9.17, 15) is 4.79 Å². The molecule has 0 aromatic rings. The lowest BCUT2D eigenvalue weighted by molar-refractivity contribution is -0.0154. The second-order valence-corrected chi connectivity index (χ2v) is 7.51. The van der Waals surface area contributed by atoms with E-state index in [1.807, 2.05) is 25.7 Å². The smallest absolute Gasteiger partial charge is 0.410 e. The van der Waals surface area contributed by atoms with E-state index < -0.39 is 5.60 Å². The fourth-order valence-electron chi connectivity index (χ4n) is 2.94. The first-order chi connectivity index (χ1) is 10.3. The lowest BCUT2D eigenvalue weighted by Gasteiger charge is -2.42. The molecule has 2 fully saturated rings. The number of hydrogen-bond donors (Lipinski definition) is 1. The van der Waals surface area contributed by atoms with Crippen LogP contribution >= 0.6 is 0 Å². The number of carbonyl (C=O) groups is 1. The van der Waals surface area contributed by atoms with E-state index in [0.717, 1.165) is 32.8 Å². The van der Waals surface area contributed by atoms with E-state index in [4.69, 9.17) is 9.47 Å². The summed E-state index contributed by atoms with van der Waals surface area (Å²) in [5, 5.41) is 3.55. The van der Waals surface area contributed by atoms with Gasteiger partial charge in [0.05, 0.1) is 13.2 Å². The number of carbonyl (C=O) groups excluding carboxylic acids is 1. The molecule has 1 amide bonds. The van der Waals surface area contributed by atoms with Crippen LogP contribution in [-0.4, -0.2) is 79.0 Å². The van der Waals surface area contributed by atoms with Gasteiger partial charge >= 0.3 is 6.09 Å². The number of rotatable bonds is 2. The summed E-state index contributed by atoms with van der Waals surface area (Å²) in [6.45, 7) is 15.0. The van der Waals surface area contributed by atoms with Gasteiger partial charge in [0, 0.05) is 44.3 Å². The van der Waals surface area contributed by atoms with Crippen molar-refractivity contribution in [2.24, 2.45) is 0 Å². The minimum Gasteiger partial charge on any atom is -0.444 e. The predicted octanol–water partition coefficient (Wildman–Crippen LogP) is 1.30. The fourth-order valence-corrected chi connectivity index (χ4v) is 2.94. The van der Waals surface area contributed by atoms with Gasteiger partial charge in [-0.3, -0.25) is 4.90 Å². The second kappa shape index (κ2) is 7.15. The third kappa shape index (κ3) is 4.83. The third-order valence-corrected chi connectivity index (χ3v) is 4.24. The first-order valence-corrected chi connectivity index (χ1v) is 8.31. The molecule has 2 rings (SSSR count). The van der Waals surface area contributed by atoms with Gasteiger partial charge in [-0.1, -0.05) is 0 Å². The Bertz CT molecular complexity index is 383. The van der Waals surface area contributed by atoms with Crippen molar-refractivity contribution in [1.82, 2.24) is 15.1 Å². The van der Waals surface area contributed by atoms with Crippen LogP contribution in [0.1, 0.15) is 34.6 Å². The molecule has 2 aliphatic rings. The normalized spacial score (nSPS) is 31.1. The predicted molar refractivity (Wildman–Crippen MR) is 86.0 cm³/mol. The quantitative estimate of drug-likeness (QED) is 0.833. The average molecular weight is 313 g/mol. The molecule has 0 aromatic heterocycles. The fraction of sp³-hybridized carbons (Fsp3) is 0.938. The Balaban J connectivity index is 1.91. The van der Waals surface area contributed by atoms with Gasteiger partial charge in [-0.25, -0.2) is 4.79 Å². The van der Waals surface area contributed by atoms with Crippen LogP contribution in [0.3, 0.4) is 0 Å². The summed E-state index contributed by atoms with van der Waals surface area (Å²) in [5.41, 5.74) is -0.449. The van der Waals surface area contributed by atoms with Crippen LogP contribution in [-0.2, 0) is 9.47 Å². The SMILES string of the molecule is CC1COCCN1C[C@H]1CN(C(=O)OC(C)(C)C)[C@H](C)CN1. The maximum absolute atomic E-state index is 12.4. The monoisotopic (exact) mass is 313 g/mol. The van der Waals surface area contributed by atoms with Crippen molar-refractivity contribution in [3.63, 3.8) is 0 Å².